The SMILES string of the molecule is Cc1ccc(C)c(NC(=O)[C@@H](C)Nc2cccc([N+](=O)[O-])c2)c1. The van der Waals surface area contributed by atoms with Crippen molar-refractivity contribution in [3.05, 3.63) is 63.7 Å². The van der Waals surface area contributed by atoms with E-state index in [2.05, 4.69) is 10.6 Å². The molecule has 0 unspecified atom stereocenters. The number of hydrogen-bond acceptors (Lipinski definition) is 4. The first-order valence-electron chi connectivity index (χ1n) is 7.26. The molecule has 0 aliphatic rings. The minimum Gasteiger partial charge on any atom is -0.374 e. The topological polar surface area (TPSA) is 84.3 Å². The summed E-state index contributed by atoms with van der Waals surface area (Å²) in [5.74, 6) is -0.204. The summed E-state index contributed by atoms with van der Waals surface area (Å²) in [6.07, 6.45) is 0. The van der Waals surface area contributed by atoms with Gasteiger partial charge in [-0.05, 0) is 44.0 Å². The van der Waals surface area contributed by atoms with Crippen molar-refractivity contribution in [2.45, 2.75) is 26.8 Å². The molecule has 0 fully saturated rings. The quantitative estimate of drug-likeness (QED) is 0.652. The largest absolute Gasteiger partial charge is 0.374 e. The Hall–Kier alpha value is -2.89. The van der Waals surface area contributed by atoms with Gasteiger partial charge in [0, 0.05) is 23.5 Å². The molecule has 0 spiro atoms. The fourth-order valence-electron chi connectivity index (χ4n) is 2.14. The van der Waals surface area contributed by atoms with Crippen molar-refractivity contribution in [1.82, 2.24) is 0 Å². The number of aryl methyl sites for hydroxylation is 2. The third kappa shape index (κ3) is 4.29. The molecule has 2 aromatic carbocycles. The maximum absolute atomic E-state index is 12.3. The van der Waals surface area contributed by atoms with Crippen molar-refractivity contribution in [2.24, 2.45) is 0 Å². The van der Waals surface area contributed by atoms with Crippen LogP contribution in [0.5, 0.6) is 0 Å². The van der Waals surface area contributed by atoms with Gasteiger partial charge in [0.05, 0.1) is 4.92 Å². The summed E-state index contributed by atoms with van der Waals surface area (Å²) in [5.41, 5.74) is 3.32. The molecule has 0 bridgehead atoms. The van der Waals surface area contributed by atoms with Gasteiger partial charge in [0.2, 0.25) is 5.91 Å². The lowest BCUT2D eigenvalue weighted by molar-refractivity contribution is -0.384. The van der Waals surface area contributed by atoms with Crippen LogP contribution in [0.25, 0.3) is 0 Å². The summed E-state index contributed by atoms with van der Waals surface area (Å²) in [6.45, 7) is 5.59. The van der Waals surface area contributed by atoms with Gasteiger partial charge in [-0.1, -0.05) is 18.2 Å². The smallest absolute Gasteiger partial charge is 0.271 e. The summed E-state index contributed by atoms with van der Waals surface area (Å²) in [5, 5.41) is 16.6. The van der Waals surface area contributed by atoms with E-state index in [1.807, 2.05) is 32.0 Å². The number of nitrogens with zero attached hydrogens (tertiary/aromatic N) is 1. The van der Waals surface area contributed by atoms with E-state index in [0.29, 0.717) is 5.69 Å². The number of nitro benzene ring substituents is 1. The van der Waals surface area contributed by atoms with E-state index in [4.69, 9.17) is 0 Å². The number of benzene rings is 2. The number of nitrogens with one attached hydrogen (secondary N) is 2. The second kappa shape index (κ2) is 6.91. The molecule has 0 saturated heterocycles. The van der Waals surface area contributed by atoms with E-state index in [1.54, 1.807) is 19.1 Å². The van der Waals surface area contributed by atoms with Gasteiger partial charge in [0.1, 0.15) is 6.04 Å². The molecular weight excluding hydrogens is 294 g/mol. The highest BCUT2D eigenvalue weighted by Gasteiger charge is 2.15. The van der Waals surface area contributed by atoms with E-state index in [1.165, 1.54) is 12.1 Å². The second-order valence-corrected chi connectivity index (χ2v) is 5.48. The molecule has 0 aromatic heterocycles. The molecule has 2 N–H and O–H groups in total. The lowest BCUT2D eigenvalue weighted by Crippen LogP contribution is -2.32. The van der Waals surface area contributed by atoms with Crippen LogP contribution in [0, 0.1) is 24.0 Å². The molecule has 0 aliphatic heterocycles. The molecule has 6 heteroatoms. The molecule has 0 heterocycles. The van der Waals surface area contributed by atoms with Gasteiger partial charge in [-0.15, -0.1) is 0 Å². The van der Waals surface area contributed by atoms with Gasteiger partial charge in [-0.25, -0.2) is 0 Å². The molecule has 0 aliphatic carbocycles. The summed E-state index contributed by atoms with van der Waals surface area (Å²) in [4.78, 5) is 22.6. The Morgan fingerprint density at radius 2 is 1.91 bits per heavy atom. The van der Waals surface area contributed by atoms with E-state index in [9.17, 15) is 14.9 Å². The lowest BCUT2D eigenvalue weighted by Gasteiger charge is -2.16. The van der Waals surface area contributed by atoms with Gasteiger partial charge < -0.3 is 10.6 Å². The van der Waals surface area contributed by atoms with Crippen LogP contribution in [0.4, 0.5) is 17.1 Å². The normalized spacial score (nSPS) is 11.6. The number of amides is 1. The van der Waals surface area contributed by atoms with Crippen molar-refractivity contribution >= 4 is 23.0 Å². The Bertz CT molecular complexity index is 744. The maximum Gasteiger partial charge on any atom is 0.271 e. The van der Waals surface area contributed by atoms with Crippen molar-refractivity contribution in [2.75, 3.05) is 10.6 Å². The molecular formula is C17H19N3O3. The van der Waals surface area contributed by atoms with Crippen LogP contribution < -0.4 is 10.6 Å². The highest BCUT2D eigenvalue weighted by atomic mass is 16.6. The summed E-state index contributed by atoms with van der Waals surface area (Å²) in [6, 6.07) is 11.4. The minimum atomic E-state index is -0.531. The third-order valence-corrected chi connectivity index (χ3v) is 3.48. The summed E-state index contributed by atoms with van der Waals surface area (Å²) < 4.78 is 0. The number of rotatable bonds is 5. The predicted octanol–water partition coefficient (Wildman–Crippen LogP) is 3.65. The molecule has 23 heavy (non-hydrogen) atoms. The summed E-state index contributed by atoms with van der Waals surface area (Å²) >= 11 is 0. The van der Waals surface area contributed by atoms with Gasteiger partial charge in [-0.2, -0.15) is 0 Å². The van der Waals surface area contributed by atoms with Crippen LogP contribution in [-0.4, -0.2) is 16.9 Å². The molecule has 0 radical (unpaired) electrons. The Morgan fingerprint density at radius 1 is 1.17 bits per heavy atom. The predicted molar refractivity (Wildman–Crippen MR) is 90.7 cm³/mol. The van der Waals surface area contributed by atoms with Crippen LogP contribution in [0.3, 0.4) is 0 Å². The van der Waals surface area contributed by atoms with Crippen LogP contribution in [0.2, 0.25) is 0 Å². The molecule has 2 aromatic rings. The number of nitro groups is 1. The fraction of sp³-hybridized carbons (Fsp3) is 0.235. The van der Waals surface area contributed by atoms with Crippen molar-refractivity contribution in [1.29, 1.82) is 0 Å². The van der Waals surface area contributed by atoms with Gasteiger partial charge in [0.15, 0.2) is 0 Å². The molecule has 0 saturated carbocycles. The zero-order valence-corrected chi connectivity index (χ0v) is 13.3. The highest BCUT2D eigenvalue weighted by Crippen LogP contribution is 2.19. The lowest BCUT2D eigenvalue weighted by atomic mass is 10.1. The fourth-order valence-corrected chi connectivity index (χ4v) is 2.14. The molecule has 1 amide bonds. The Morgan fingerprint density at radius 3 is 2.61 bits per heavy atom. The third-order valence-electron chi connectivity index (χ3n) is 3.48. The van der Waals surface area contributed by atoms with Crippen LogP contribution in [0.1, 0.15) is 18.1 Å². The molecule has 2 rings (SSSR count). The van der Waals surface area contributed by atoms with Gasteiger partial charge in [0.25, 0.3) is 5.69 Å². The van der Waals surface area contributed by atoms with Gasteiger partial charge >= 0.3 is 0 Å². The monoisotopic (exact) mass is 313 g/mol. The van der Waals surface area contributed by atoms with E-state index >= 15 is 0 Å². The first-order chi connectivity index (χ1) is 10.9. The molecule has 6 nitrogen and oxygen atoms in total. The number of carbonyl (C=O) groups is 1. The van der Waals surface area contributed by atoms with Crippen molar-refractivity contribution < 1.29 is 9.72 Å². The van der Waals surface area contributed by atoms with Crippen molar-refractivity contribution in [3.8, 4) is 0 Å². The van der Waals surface area contributed by atoms with E-state index in [0.717, 1.165) is 16.8 Å². The number of carbonyl (C=O) groups excluding carboxylic acids is 1. The minimum absolute atomic E-state index is 0.0165. The molecule has 1 atom stereocenters. The van der Waals surface area contributed by atoms with Crippen LogP contribution >= 0.6 is 0 Å². The van der Waals surface area contributed by atoms with Gasteiger partial charge in [-0.3, -0.25) is 14.9 Å². The number of anilines is 2. The Labute approximate surface area is 134 Å². The number of hydrogen-bond donors (Lipinski definition) is 2. The number of non-ortho nitro benzene ring substituents is 1. The first kappa shape index (κ1) is 16.5. The van der Waals surface area contributed by atoms with Crippen molar-refractivity contribution in [3.63, 3.8) is 0 Å². The van der Waals surface area contributed by atoms with E-state index in [-0.39, 0.29) is 11.6 Å². The summed E-state index contributed by atoms with van der Waals surface area (Å²) in [7, 11) is 0. The zero-order chi connectivity index (χ0) is 17.0. The average Bonchev–Trinajstić information content (AvgIpc) is 2.51. The standard InChI is InChI=1S/C17H19N3O3/c1-11-7-8-12(2)16(9-11)19-17(21)13(3)18-14-5-4-6-15(10-14)20(22)23/h4-10,13,18H,1-3H3,(H,19,21)/t13-/m1/s1. The van der Waals surface area contributed by atoms with Crippen LogP contribution in [0.15, 0.2) is 42.5 Å². The maximum atomic E-state index is 12.3. The Balaban J connectivity index is 2.07. The zero-order valence-electron chi connectivity index (χ0n) is 13.3. The average molecular weight is 313 g/mol. The van der Waals surface area contributed by atoms with Crippen LogP contribution in [-0.2, 0) is 4.79 Å². The second-order valence-electron chi connectivity index (χ2n) is 5.48. The Kier molecular flexibility index (Phi) is 4.95. The molecule has 120 valence electrons. The van der Waals surface area contributed by atoms with E-state index < -0.39 is 11.0 Å². The highest BCUT2D eigenvalue weighted by molar-refractivity contribution is 5.96. The first-order valence-corrected chi connectivity index (χ1v) is 7.26.